The molecular formula is C17H20ClN3O2. The first-order valence-electron chi connectivity index (χ1n) is 8.25. The number of ether oxygens (including phenoxy) is 1. The summed E-state index contributed by atoms with van der Waals surface area (Å²) in [5.74, 6) is 0.497. The molecule has 0 spiro atoms. The largest absolute Gasteiger partial charge is 0.368 e. The van der Waals surface area contributed by atoms with E-state index in [1.807, 2.05) is 6.07 Å². The maximum atomic E-state index is 12.2. The van der Waals surface area contributed by atoms with Gasteiger partial charge in [-0.25, -0.2) is 4.98 Å². The second-order valence-electron chi connectivity index (χ2n) is 6.51. The number of pyridine rings is 1. The van der Waals surface area contributed by atoms with Gasteiger partial charge in [-0.15, -0.1) is 0 Å². The second kappa shape index (κ2) is 6.13. The minimum atomic E-state index is -0.244. The number of carbonyl (C=O) groups excluding carboxylic acids is 1. The van der Waals surface area contributed by atoms with Gasteiger partial charge in [-0.05, 0) is 49.7 Å². The van der Waals surface area contributed by atoms with E-state index in [2.05, 4.69) is 21.5 Å². The first kappa shape index (κ1) is 15.0. The van der Waals surface area contributed by atoms with Crippen molar-refractivity contribution in [2.24, 2.45) is 0 Å². The van der Waals surface area contributed by atoms with Crippen LogP contribution in [0.3, 0.4) is 0 Å². The van der Waals surface area contributed by atoms with Crippen molar-refractivity contribution in [2.45, 2.75) is 50.2 Å². The highest BCUT2D eigenvalue weighted by Gasteiger charge is 2.31. The Morgan fingerprint density at radius 3 is 3.13 bits per heavy atom. The highest BCUT2D eigenvalue weighted by Crippen LogP contribution is 2.38. The van der Waals surface area contributed by atoms with Crippen LogP contribution in [-0.4, -0.2) is 34.6 Å². The number of hydrogen-bond acceptors (Lipinski definition) is 3. The van der Waals surface area contributed by atoms with Crippen molar-refractivity contribution in [3.63, 3.8) is 0 Å². The molecule has 23 heavy (non-hydrogen) atoms. The Bertz CT molecular complexity index is 724. The van der Waals surface area contributed by atoms with Crippen molar-refractivity contribution in [3.05, 3.63) is 29.2 Å². The molecule has 1 saturated heterocycles. The highest BCUT2D eigenvalue weighted by atomic mass is 35.5. The van der Waals surface area contributed by atoms with E-state index in [9.17, 15) is 4.79 Å². The molecule has 0 unspecified atom stereocenters. The summed E-state index contributed by atoms with van der Waals surface area (Å²) in [7, 11) is 0. The van der Waals surface area contributed by atoms with Gasteiger partial charge in [0.2, 0.25) is 5.91 Å². The molecule has 0 radical (unpaired) electrons. The molecule has 1 aliphatic carbocycles. The average Bonchev–Trinajstić information content (AvgIpc) is 3.26. The quantitative estimate of drug-likeness (QED) is 0.848. The molecule has 2 N–H and O–H groups in total. The van der Waals surface area contributed by atoms with E-state index in [0.29, 0.717) is 17.7 Å². The van der Waals surface area contributed by atoms with E-state index in [4.69, 9.17) is 16.3 Å². The SMILES string of the molecule is O=C(N[C@H]1CC[C@@H](c2c[nH]c3cnc(Cl)cc23)C1)[C@@H]1CCCO1. The summed E-state index contributed by atoms with van der Waals surface area (Å²) in [6.07, 6.45) is 8.45. The lowest BCUT2D eigenvalue weighted by Crippen LogP contribution is -2.40. The molecular weight excluding hydrogens is 314 g/mol. The fraction of sp³-hybridized carbons (Fsp3) is 0.529. The zero-order valence-electron chi connectivity index (χ0n) is 12.8. The molecule has 2 aromatic heterocycles. The summed E-state index contributed by atoms with van der Waals surface area (Å²) in [6, 6.07) is 2.15. The van der Waals surface area contributed by atoms with Crippen LogP contribution in [0.5, 0.6) is 0 Å². The van der Waals surface area contributed by atoms with E-state index in [0.717, 1.165) is 43.0 Å². The van der Waals surface area contributed by atoms with Gasteiger partial charge < -0.3 is 15.0 Å². The number of carbonyl (C=O) groups is 1. The minimum absolute atomic E-state index is 0.0549. The van der Waals surface area contributed by atoms with Crippen LogP contribution in [0.1, 0.15) is 43.6 Å². The Morgan fingerprint density at radius 2 is 2.30 bits per heavy atom. The zero-order chi connectivity index (χ0) is 15.8. The first-order valence-corrected chi connectivity index (χ1v) is 8.63. The predicted octanol–water partition coefficient (Wildman–Crippen LogP) is 3.15. The molecule has 1 amide bonds. The molecule has 5 nitrogen and oxygen atoms in total. The molecule has 2 aromatic rings. The smallest absolute Gasteiger partial charge is 0.249 e. The van der Waals surface area contributed by atoms with Crippen molar-refractivity contribution in [1.29, 1.82) is 0 Å². The van der Waals surface area contributed by atoms with E-state index in [1.54, 1.807) is 6.20 Å². The summed E-state index contributed by atoms with van der Waals surface area (Å²) < 4.78 is 5.46. The van der Waals surface area contributed by atoms with Gasteiger partial charge in [0.05, 0.1) is 11.7 Å². The Kier molecular flexibility index (Phi) is 3.99. The third kappa shape index (κ3) is 2.95. The summed E-state index contributed by atoms with van der Waals surface area (Å²) in [6.45, 7) is 0.704. The number of H-pyrrole nitrogens is 1. The lowest BCUT2D eigenvalue weighted by atomic mass is 9.97. The van der Waals surface area contributed by atoms with Gasteiger partial charge in [-0.1, -0.05) is 11.6 Å². The summed E-state index contributed by atoms with van der Waals surface area (Å²) >= 11 is 6.03. The normalized spacial score (nSPS) is 27.6. The molecule has 2 fully saturated rings. The van der Waals surface area contributed by atoms with Gasteiger partial charge in [0.25, 0.3) is 0 Å². The van der Waals surface area contributed by atoms with Gasteiger partial charge in [0.1, 0.15) is 11.3 Å². The van der Waals surface area contributed by atoms with Gasteiger partial charge in [-0.3, -0.25) is 4.79 Å². The molecule has 122 valence electrons. The number of nitrogens with one attached hydrogen (secondary N) is 2. The molecule has 0 aromatic carbocycles. The van der Waals surface area contributed by atoms with Crippen LogP contribution < -0.4 is 5.32 Å². The van der Waals surface area contributed by atoms with Crippen molar-refractivity contribution in [2.75, 3.05) is 6.61 Å². The van der Waals surface area contributed by atoms with Gasteiger partial charge in [0, 0.05) is 24.2 Å². The number of aromatic nitrogens is 2. The molecule has 0 bridgehead atoms. The molecule has 3 atom stereocenters. The van der Waals surface area contributed by atoms with Crippen molar-refractivity contribution >= 4 is 28.4 Å². The fourth-order valence-electron chi connectivity index (χ4n) is 3.83. The number of fused-ring (bicyclic) bond motifs is 1. The molecule has 1 aliphatic heterocycles. The monoisotopic (exact) mass is 333 g/mol. The van der Waals surface area contributed by atoms with Crippen LogP contribution in [0.25, 0.3) is 10.9 Å². The lowest BCUT2D eigenvalue weighted by Gasteiger charge is -2.16. The lowest BCUT2D eigenvalue weighted by molar-refractivity contribution is -0.130. The van der Waals surface area contributed by atoms with E-state index < -0.39 is 0 Å². The van der Waals surface area contributed by atoms with Gasteiger partial charge in [-0.2, -0.15) is 0 Å². The van der Waals surface area contributed by atoms with Crippen LogP contribution in [0.15, 0.2) is 18.5 Å². The molecule has 6 heteroatoms. The fourth-order valence-corrected chi connectivity index (χ4v) is 3.99. The van der Waals surface area contributed by atoms with Crippen LogP contribution in [0.2, 0.25) is 5.15 Å². The first-order chi connectivity index (χ1) is 11.2. The maximum absolute atomic E-state index is 12.2. The third-order valence-corrected chi connectivity index (χ3v) is 5.21. The van der Waals surface area contributed by atoms with Crippen LogP contribution in [0.4, 0.5) is 0 Å². The summed E-state index contributed by atoms with van der Waals surface area (Å²) in [5.41, 5.74) is 2.29. The van der Waals surface area contributed by atoms with Crippen molar-refractivity contribution in [1.82, 2.24) is 15.3 Å². The maximum Gasteiger partial charge on any atom is 0.249 e. The van der Waals surface area contributed by atoms with E-state index in [-0.39, 0.29) is 18.1 Å². The Labute approximate surface area is 139 Å². The standard InChI is InChI=1S/C17H20ClN3O2/c18-16-7-12-13(8-19-14(12)9-20-16)10-3-4-11(6-10)21-17(22)15-2-1-5-23-15/h7-11,15,19H,1-6H2,(H,21,22)/t10-,11+,15+/m1/s1. The number of amides is 1. The number of hydrogen-bond donors (Lipinski definition) is 2. The molecule has 4 rings (SSSR count). The second-order valence-corrected chi connectivity index (χ2v) is 6.90. The highest BCUT2D eigenvalue weighted by molar-refractivity contribution is 6.30. The van der Waals surface area contributed by atoms with Crippen molar-refractivity contribution < 1.29 is 9.53 Å². The van der Waals surface area contributed by atoms with E-state index >= 15 is 0 Å². The van der Waals surface area contributed by atoms with Crippen LogP contribution in [-0.2, 0) is 9.53 Å². The van der Waals surface area contributed by atoms with Crippen LogP contribution >= 0.6 is 11.6 Å². The number of nitrogens with zero attached hydrogens (tertiary/aromatic N) is 1. The Balaban J connectivity index is 1.45. The number of aromatic amines is 1. The zero-order valence-corrected chi connectivity index (χ0v) is 13.6. The summed E-state index contributed by atoms with van der Waals surface area (Å²) in [4.78, 5) is 19.6. The molecule has 2 aliphatic rings. The predicted molar refractivity (Wildman–Crippen MR) is 88.6 cm³/mol. The van der Waals surface area contributed by atoms with E-state index in [1.165, 1.54) is 5.56 Å². The minimum Gasteiger partial charge on any atom is -0.368 e. The summed E-state index contributed by atoms with van der Waals surface area (Å²) in [5, 5.41) is 4.81. The Hall–Kier alpha value is -1.59. The topological polar surface area (TPSA) is 67.0 Å². The van der Waals surface area contributed by atoms with Gasteiger partial charge >= 0.3 is 0 Å². The third-order valence-electron chi connectivity index (χ3n) is 5.01. The van der Waals surface area contributed by atoms with Crippen molar-refractivity contribution in [3.8, 4) is 0 Å². The number of halogens is 1. The molecule has 3 heterocycles. The molecule has 1 saturated carbocycles. The number of rotatable bonds is 3. The van der Waals surface area contributed by atoms with Crippen LogP contribution in [0, 0.1) is 0 Å². The van der Waals surface area contributed by atoms with Gasteiger partial charge in [0.15, 0.2) is 0 Å². The Morgan fingerprint density at radius 1 is 1.39 bits per heavy atom. The average molecular weight is 334 g/mol.